The fourth-order valence-corrected chi connectivity index (χ4v) is 12.9. The van der Waals surface area contributed by atoms with Crippen molar-refractivity contribution in [2.45, 2.75) is 25.2 Å². The fraction of sp³-hybridized carbons (Fsp3) is 0.0526. The molecule has 1 atom stereocenters. The molecule has 0 spiro atoms. The van der Waals surface area contributed by atoms with E-state index in [4.69, 9.17) is 8.83 Å². The van der Waals surface area contributed by atoms with Gasteiger partial charge < -0.3 is 18.6 Å². The summed E-state index contributed by atoms with van der Waals surface area (Å²) in [5.74, 6) is 0.241. The van der Waals surface area contributed by atoms with Crippen LogP contribution in [0.4, 0.5) is 34.1 Å². The molecule has 14 aromatic rings. The van der Waals surface area contributed by atoms with Crippen LogP contribution in [0.25, 0.3) is 104 Å². The van der Waals surface area contributed by atoms with Crippen LogP contribution in [0, 0.1) is 0 Å². The van der Waals surface area contributed by atoms with E-state index in [-0.39, 0.29) is 5.92 Å². The monoisotopic (exact) mass is 1020 g/mol. The van der Waals surface area contributed by atoms with Crippen LogP contribution < -0.4 is 9.80 Å². The van der Waals surface area contributed by atoms with Crippen LogP contribution >= 0.6 is 0 Å². The van der Waals surface area contributed by atoms with Crippen molar-refractivity contribution in [2.75, 3.05) is 9.80 Å². The molecule has 4 nitrogen and oxygen atoms in total. The zero-order valence-corrected chi connectivity index (χ0v) is 43.9. The van der Waals surface area contributed by atoms with Gasteiger partial charge in [-0.1, -0.05) is 194 Å². The Morgan fingerprint density at radius 2 is 0.850 bits per heavy atom. The van der Waals surface area contributed by atoms with Gasteiger partial charge in [0.1, 0.15) is 11.2 Å². The Morgan fingerprint density at radius 3 is 1.38 bits per heavy atom. The summed E-state index contributed by atoms with van der Waals surface area (Å²) in [7, 11) is 0. The Balaban J connectivity index is 0.907. The first kappa shape index (κ1) is 46.0. The normalized spacial score (nSPS) is 14.4. The lowest BCUT2D eigenvalue weighted by Crippen LogP contribution is -2.12. The summed E-state index contributed by atoms with van der Waals surface area (Å²) in [6.07, 6.45) is 18.7. The van der Waals surface area contributed by atoms with E-state index >= 15 is 0 Å². The predicted molar refractivity (Wildman–Crippen MR) is 337 cm³/mol. The minimum Gasteiger partial charge on any atom is -0.454 e. The molecular weight excluding hydrogens is 973 g/mol. The highest BCUT2D eigenvalue weighted by atomic mass is 16.3. The Labute approximate surface area is 463 Å². The van der Waals surface area contributed by atoms with Crippen LogP contribution in [-0.2, 0) is 0 Å². The van der Waals surface area contributed by atoms with Crippen molar-refractivity contribution < 1.29 is 8.83 Å². The molecule has 0 N–H and O–H groups in total. The van der Waals surface area contributed by atoms with Gasteiger partial charge in [0.2, 0.25) is 0 Å². The van der Waals surface area contributed by atoms with Crippen LogP contribution in [0.5, 0.6) is 0 Å². The van der Waals surface area contributed by atoms with Crippen molar-refractivity contribution in [1.82, 2.24) is 0 Å². The topological polar surface area (TPSA) is 32.8 Å². The van der Waals surface area contributed by atoms with Gasteiger partial charge in [0.15, 0.2) is 11.2 Å². The van der Waals surface area contributed by atoms with Crippen LogP contribution in [0.2, 0.25) is 0 Å². The molecule has 0 saturated heterocycles. The smallest absolute Gasteiger partial charge is 0.159 e. The summed E-state index contributed by atoms with van der Waals surface area (Å²) in [5.41, 5.74) is 18.2. The van der Waals surface area contributed by atoms with Crippen molar-refractivity contribution in [3.8, 4) is 22.3 Å². The van der Waals surface area contributed by atoms with Crippen molar-refractivity contribution in [3.63, 3.8) is 0 Å². The molecule has 12 aromatic carbocycles. The molecule has 1 unspecified atom stereocenters. The second kappa shape index (κ2) is 18.8. The van der Waals surface area contributed by atoms with E-state index in [1.54, 1.807) is 0 Å². The first-order chi connectivity index (χ1) is 39.6. The zero-order chi connectivity index (χ0) is 52.7. The zero-order valence-electron chi connectivity index (χ0n) is 43.9. The maximum absolute atomic E-state index is 6.89. The number of para-hydroxylation sites is 4. The maximum Gasteiger partial charge on any atom is 0.159 e. The first-order valence-corrected chi connectivity index (χ1v) is 27.9. The first-order valence-electron chi connectivity index (χ1n) is 27.9. The number of allylic oxidation sites excluding steroid dienone is 8. The third-order valence-electron chi connectivity index (χ3n) is 16.7. The summed E-state index contributed by atoms with van der Waals surface area (Å²) in [6, 6.07) is 84.5. The van der Waals surface area contributed by atoms with E-state index in [1.807, 2.05) is 0 Å². The molecule has 0 amide bonds. The second-order valence-corrected chi connectivity index (χ2v) is 21.5. The van der Waals surface area contributed by atoms with E-state index in [0.29, 0.717) is 0 Å². The van der Waals surface area contributed by atoms with Gasteiger partial charge in [0.05, 0.1) is 11.4 Å². The summed E-state index contributed by atoms with van der Waals surface area (Å²) < 4.78 is 13.8. The quantitative estimate of drug-likeness (QED) is 0.128. The number of fused-ring (bicyclic) bond motifs is 6. The van der Waals surface area contributed by atoms with Gasteiger partial charge in [0, 0.05) is 50.2 Å². The molecule has 0 aliphatic heterocycles. The van der Waals surface area contributed by atoms with Gasteiger partial charge in [-0.15, -0.1) is 0 Å². The molecule has 0 fully saturated rings. The highest BCUT2D eigenvalue weighted by Gasteiger charge is 2.26. The Hall–Kier alpha value is -10.2. The van der Waals surface area contributed by atoms with E-state index in [0.717, 1.165) is 97.3 Å². The summed E-state index contributed by atoms with van der Waals surface area (Å²) in [6.45, 7) is 0. The molecule has 0 bridgehead atoms. The number of hydrogen-bond donors (Lipinski definition) is 0. The van der Waals surface area contributed by atoms with E-state index in [9.17, 15) is 0 Å². The highest BCUT2D eigenvalue weighted by molar-refractivity contribution is 6.25. The average molecular weight is 1030 g/mol. The van der Waals surface area contributed by atoms with Gasteiger partial charge in [-0.25, -0.2) is 0 Å². The van der Waals surface area contributed by atoms with E-state index in [1.165, 1.54) is 71.3 Å². The van der Waals surface area contributed by atoms with Crippen LogP contribution in [0.3, 0.4) is 0 Å². The number of benzene rings is 12. The van der Waals surface area contributed by atoms with Gasteiger partial charge >= 0.3 is 0 Å². The molecule has 2 aliphatic rings. The largest absolute Gasteiger partial charge is 0.454 e. The van der Waals surface area contributed by atoms with Crippen LogP contribution in [-0.4, -0.2) is 0 Å². The van der Waals surface area contributed by atoms with Crippen LogP contribution in [0.15, 0.2) is 282 Å². The van der Waals surface area contributed by atoms with Crippen molar-refractivity contribution in [3.05, 3.63) is 284 Å². The minimum atomic E-state index is 0.241. The lowest BCUT2D eigenvalue weighted by atomic mass is 9.89. The van der Waals surface area contributed by atoms with Gasteiger partial charge in [-0.05, 0) is 169 Å². The van der Waals surface area contributed by atoms with Crippen molar-refractivity contribution in [2.24, 2.45) is 0 Å². The molecule has 2 aliphatic carbocycles. The molecule has 0 saturated carbocycles. The molecule has 16 rings (SSSR count). The summed E-state index contributed by atoms with van der Waals surface area (Å²) in [5, 5.41) is 11.6. The number of rotatable bonds is 10. The summed E-state index contributed by atoms with van der Waals surface area (Å²) >= 11 is 0. The number of hydrogen-bond acceptors (Lipinski definition) is 4. The lowest BCUT2D eigenvalue weighted by molar-refractivity contribution is 0.668. The number of furan rings is 2. The van der Waals surface area contributed by atoms with Gasteiger partial charge in [0.25, 0.3) is 0 Å². The van der Waals surface area contributed by atoms with Gasteiger partial charge in [-0.2, -0.15) is 0 Å². The van der Waals surface area contributed by atoms with Crippen molar-refractivity contribution >= 4 is 116 Å². The minimum absolute atomic E-state index is 0.241. The average Bonchev–Trinajstić information content (AvgIpc) is 4.25. The van der Waals surface area contributed by atoms with E-state index in [2.05, 4.69) is 283 Å². The second-order valence-electron chi connectivity index (χ2n) is 21.5. The van der Waals surface area contributed by atoms with Crippen LogP contribution in [0.1, 0.15) is 36.3 Å². The molecule has 0 radical (unpaired) electrons. The van der Waals surface area contributed by atoms with Crippen molar-refractivity contribution in [1.29, 1.82) is 0 Å². The summed E-state index contributed by atoms with van der Waals surface area (Å²) in [4.78, 5) is 4.86. The SMILES string of the molecule is C1=CCCC(c2cc(-c3ccccc3)cc(N(c3cc4ccc5cc(N(c6cc(-c7ccccc7)cc(C7C=CC=CC7)c6)c6cccc7c6oc6ccccc67)cc6ccc(c3)c4c56)c3cccc4c3oc3ccccc34)c2)=C1. The maximum atomic E-state index is 6.89. The molecule has 4 heteroatoms. The Bertz CT molecular complexity index is 4810. The third kappa shape index (κ3) is 7.74. The Morgan fingerprint density at radius 1 is 0.362 bits per heavy atom. The fourth-order valence-electron chi connectivity index (χ4n) is 12.9. The predicted octanol–water partition coefficient (Wildman–Crippen LogP) is 22.0. The highest BCUT2D eigenvalue weighted by Crippen LogP contribution is 2.50. The molecule has 378 valence electrons. The molecule has 2 heterocycles. The van der Waals surface area contributed by atoms with E-state index < -0.39 is 0 Å². The number of anilines is 6. The lowest BCUT2D eigenvalue weighted by Gasteiger charge is -2.29. The third-order valence-corrected chi connectivity index (χ3v) is 16.7. The molecule has 2 aromatic heterocycles. The van der Waals surface area contributed by atoms with Gasteiger partial charge in [-0.3, -0.25) is 0 Å². The number of nitrogens with zero attached hydrogens (tertiary/aromatic N) is 2. The standard InChI is InChI=1S/C76H52N2O2/c1-5-19-49(20-6-1)57-39-58(50-21-7-2-8-22-50)46-63(45-57)77(69-31-17-29-67-65-27-13-15-33-71(65)79-75(67)69)61-41-53-35-37-55-43-62(44-56-38-36-54(42-61)73(53)74(55)56)78(70-32-18-30-68-66-28-14-16-34-72(66)80-76(68)70)64-47-59(51-23-9-3-10-24-51)40-60(48-64)52-25-11-4-12-26-52/h1-11,13-21,23-25,27-48,50H,12,22,26H2. The molecule has 80 heavy (non-hydrogen) atoms. The molecular formula is C76H52N2O2. The Kier molecular flexibility index (Phi) is 10.8.